The third-order valence-electron chi connectivity index (χ3n) is 3.22. The van der Waals surface area contributed by atoms with E-state index in [0.717, 1.165) is 8.81 Å². The normalized spacial score (nSPS) is 15.4. The predicted molar refractivity (Wildman–Crippen MR) is 85.5 cm³/mol. The van der Waals surface area contributed by atoms with Crippen molar-refractivity contribution in [2.75, 3.05) is 13.6 Å². The van der Waals surface area contributed by atoms with Crippen LogP contribution in [-0.2, 0) is 0 Å². The van der Waals surface area contributed by atoms with Gasteiger partial charge in [0.25, 0.3) is 0 Å². The summed E-state index contributed by atoms with van der Waals surface area (Å²) < 4.78 is 1.76. The monoisotopic (exact) mass is 352 g/mol. The van der Waals surface area contributed by atoms with Crippen molar-refractivity contribution in [1.82, 2.24) is 4.90 Å². The van der Waals surface area contributed by atoms with Crippen LogP contribution in [0.15, 0.2) is 10.5 Å². The number of likely N-dealkylation sites (N-methyl/N-ethyl adjacent to an activating group) is 1. The van der Waals surface area contributed by atoms with Crippen LogP contribution in [0.5, 0.6) is 0 Å². The molecular weight excluding hydrogens is 332 g/mol. The van der Waals surface area contributed by atoms with E-state index in [-0.39, 0.29) is 6.04 Å². The summed E-state index contributed by atoms with van der Waals surface area (Å²) >= 11 is 11.2. The van der Waals surface area contributed by atoms with Crippen LogP contribution in [0.2, 0.25) is 4.34 Å². The van der Waals surface area contributed by atoms with Crippen LogP contribution in [0.1, 0.15) is 38.1 Å². The number of nitrogens with zero attached hydrogens (tertiary/aromatic N) is 1. The van der Waals surface area contributed by atoms with Crippen molar-refractivity contribution < 1.29 is 0 Å². The van der Waals surface area contributed by atoms with Gasteiger partial charge in [0, 0.05) is 21.9 Å². The van der Waals surface area contributed by atoms with E-state index in [0.29, 0.717) is 18.5 Å². The lowest BCUT2D eigenvalue weighted by Crippen LogP contribution is -2.37. The van der Waals surface area contributed by atoms with Crippen molar-refractivity contribution in [2.45, 2.75) is 39.3 Å². The summed E-state index contributed by atoms with van der Waals surface area (Å²) in [5.74, 6) is 0.694. The number of halogens is 2. The lowest BCUT2D eigenvalue weighted by molar-refractivity contribution is 0.171. The molecule has 5 heteroatoms. The van der Waals surface area contributed by atoms with Crippen molar-refractivity contribution in [3.8, 4) is 0 Å². The minimum atomic E-state index is 0.243. The molecule has 0 saturated carbocycles. The molecule has 1 aromatic heterocycles. The van der Waals surface area contributed by atoms with Crippen LogP contribution in [-0.4, -0.2) is 24.5 Å². The fraction of sp³-hybridized carbons (Fsp3) is 0.692. The molecule has 0 aliphatic rings. The predicted octanol–water partition coefficient (Wildman–Crippen LogP) is 4.53. The Morgan fingerprint density at radius 2 is 2.06 bits per heavy atom. The molecule has 2 nitrogen and oxygen atoms in total. The summed E-state index contributed by atoms with van der Waals surface area (Å²) in [6.07, 6.45) is 1.17. The highest BCUT2D eigenvalue weighted by Gasteiger charge is 2.23. The van der Waals surface area contributed by atoms with Gasteiger partial charge in [-0.2, -0.15) is 0 Å². The molecule has 2 unspecified atom stereocenters. The molecule has 0 aliphatic carbocycles. The standard InChI is InChI=1S/C13H22BrClN2S/c1-8(2)5-9(3)17(4)11(7-16)12-6-10(14)13(15)18-12/h6,8-9,11H,5,7,16H2,1-4H3. The average Bonchev–Trinajstić information content (AvgIpc) is 2.58. The fourth-order valence-corrected chi connectivity index (χ4v) is 4.07. The average molecular weight is 354 g/mol. The maximum Gasteiger partial charge on any atom is 0.107 e. The summed E-state index contributed by atoms with van der Waals surface area (Å²) in [4.78, 5) is 3.58. The van der Waals surface area contributed by atoms with Gasteiger partial charge >= 0.3 is 0 Å². The van der Waals surface area contributed by atoms with Crippen molar-refractivity contribution >= 4 is 38.9 Å². The third-order valence-corrected chi connectivity index (χ3v) is 5.79. The van der Waals surface area contributed by atoms with Crippen molar-refractivity contribution in [3.63, 3.8) is 0 Å². The Balaban J connectivity index is 2.82. The van der Waals surface area contributed by atoms with Gasteiger partial charge in [-0.15, -0.1) is 11.3 Å². The van der Waals surface area contributed by atoms with E-state index >= 15 is 0 Å². The van der Waals surface area contributed by atoms with Gasteiger partial charge in [0.15, 0.2) is 0 Å². The van der Waals surface area contributed by atoms with Gasteiger partial charge in [0.2, 0.25) is 0 Å². The van der Waals surface area contributed by atoms with Crippen LogP contribution in [0.25, 0.3) is 0 Å². The Kier molecular flexibility index (Phi) is 6.62. The molecule has 1 rings (SSSR count). The van der Waals surface area contributed by atoms with Gasteiger partial charge in [-0.05, 0) is 48.3 Å². The molecule has 0 spiro atoms. The van der Waals surface area contributed by atoms with E-state index in [1.165, 1.54) is 11.3 Å². The molecular formula is C13H22BrClN2S. The van der Waals surface area contributed by atoms with Gasteiger partial charge in [-0.25, -0.2) is 0 Å². The summed E-state index contributed by atoms with van der Waals surface area (Å²) in [7, 11) is 2.14. The van der Waals surface area contributed by atoms with Gasteiger partial charge in [-0.3, -0.25) is 4.90 Å². The van der Waals surface area contributed by atoms with E-state index in [9.17, 15) is 0 Å². The van der Waals surface area contributed by atoms with E-state index in [2.05, 4.69) is 54.7 Å². The number of hydrogen-bond acceptors (Lipinski definition) is 3. The highest BCUT2D eigenvalue weighted by molar-refractivity contribution is 9.10. The van der Waals surface area contributed by atoms with Gasteiger partial charge < -0.3 is 5.73 Å². The molecule has 104 valence electrons. The van der Waals surface area contributed by atoms with E-state index < -0.39 is 0 Å². The van der Waals surface area contributed by atoms with Crippen LogP contribution in [0.3, 0.4) is 0 Å². The van der Waals surface area contributed by atoms with Crippen molar-refractivity contribution in [2.24, 2.45) is 11.7 Å². The topological polar surface area (TPSA) is 29.3 Å². The second-order valence-electron chi connectivity index (χ2n) is 5.17. The highest BCUT2D eigenvalue weighted by atomic mass is 79.9. The summed E-state index contributed by atoms with van der Waals surface area (Å²) in [5, 5.41) is 0. The Hall–Kier alpha value is 0.390. The van der Waals surface area contributed by atoms with E-state index in [4.69, 9.17) is 17.3 Å². The first-order valence-electron chi connectivity index (χ1n) is 6.23. The van der Waals surface area contributed by atoms with Gasteiger partial charge in [0.1, 0.15) is 4.34 Å². The number of hydrogen-bond donors (Lipinski definition) is 1. The molecule has 1 heterocycles. The Labute approximate surface area is 128 Å². The second-order valence-corrected chi connectivity index (χ2v) is 7.71. The molecule has 0 bridgehead atoms. The molecule has 0 aliphatic heterocycles. The molecule has 18 heavy (non-hydrogen) atoms. The summed E-state index contributed by atoms with van der Waals surface area (Å²) in [6, 6.07) is 2.84. The number of nitrogens with two attached hydrogens (primary N) is 1. The first kappa shape index (κ1) is 16.4. The second kappa shape index (κ2) is 7.25. The number of thiophene rings is 1. The smallest absolute Gasteiger partial charge is 0.107 e. The maximum atomic E-state index is 6.11. The molecule has 2 atom stereocenters. The highest BCUT2D eigenvalue weighted by Crippen LogP contribution is 2.37. The lowest BCUT2D eigenvalue weighted by Gasteiger charge is -2.32. The van der Waals surface area contributed by atoms with Gasteiger partial charge in [0.05, 0.1) is 6.04 Å². The molecule has 0 aromatic carbocycles. The summed E-state index contributed by atoms with van der Waals surface area (Å²) in [5.41, 5.74) is 5.94. The maximum absolute atomic E-state index is 6.11. The molecule has 1 aromatic rings. The SMILES string of the molecule is CC(C)CC(C)N(C)C(CN)c1cc(Br)c(Cl)s1. The Morgan fingerprint density at radius 3 is 2.44 bits per heavy atom. The number of rotatable bonds is 6. The summed E-state index contributed by atoms with van der Waals surface area (Å²) in [6.45, 7) is 7.37. The first-order chi connectivity index (χ1) is 8.36. The first-order valence-corrected chi connectivity index (χ1v) is 8.22. The van der Waals surface area contributed by atoms with Gasteiger partial charge in [-0.1, -0.05) is 25.4 Å². The molecule has 0 saturated heterocycles. The molecule has 0 fully saturated rings. The molecule has 0 amide bonds. The zero-order valence-electron chi connectivity index (χ0n) is 11.4. The van der Waals surface area contributed by atoms with Crippen LogP contribution in [0.4, 0.5) is 0 Å². The van der Waals surface area contributed by atoms with Crippen LogP contribution < -0.4 is 5.73 Å². The minimum Gasteiger partial charge on any atom is -0.329 e. The zero-order valence-corrected chi connectivity index (χ0v) is 14.6. The quantitative estimate of drug-likeness (QED) is 0.814. The molecule has 2 N–H and O–H groups in total. The fourth-order valence-electron chi connectivity index (χ4n) is 2.17. The largest absolute Gasteiger partial charge is 0.329 e. The zero-order chi connectivity index (χ0) is 13.9. The van der Waals surface area contributed by atoms with Crippen molar-refractivity contribution in [1.29, 1.82) is 0 Å². The Morgan fingerprint density at radius 1 is 1.44 bits per heavy atom. The third kappa shape index (κ3) is 4.20. The lowest BCUT2D eigenvalue weighted by atomic mass is 10.0. The minimum absolute atomic E-state index is 0.243. The van der Waals surface area contributed by atoms with Crippen LogP contribution >= 0.6 is 38.9 Å². The Bertz CT molecular complexity index is 362. The molecule has 0 radical (unpaired) electrons. The van der Waals surface area contributed by atoms with E-state index in [1.807, 2.05) is 0 Å². The van der Waals surface area contributed by atoms with Crippen molar-refractivity contribution in [3.05, 3.63) is 19.8 Å². The van der Waals surface area contributed by atoms with E-state index in [1.54, 1.807) is 11.3 Å². The van der Waals surface area contributed by atoms with Crippen LogP contribution in [0, 0.1) is 5.92 Å².